The molecule has 0 aliphatic carbocycles. The monoisotopic (exact) mass is 450 g/mol. The van der Waals surface area contributed by atoms with Crippen molar-refractivity contribution < 1.29 is 23.5 Å². The number of carboxylic acids is 1. The first-order chi connectivity index (χ1) is 15.8. The van der Waals surface area contributed by atoms with Crippen LogP contribution in [-0.2, 0) is 11.2 Å². The number of carbonyl (C=O) groups excluding carboxylic acids is 1. The van der Waals surface area contributed by atoms with E-state index in [4.69, 9.17) is 5.11 Å². The number of carbonyl (C=O) groups is 2. The molecule has 166 valence electrons. The number of amides is 1. The molecule has 0 atom stereocenters. The molecule has 0 bridgehead atoms. The molecule has 0 aliphatic rings. The quantitative estimate of drug-likeness (QED) is 0.354. The summed E-state index contributed by atoms with van der Waals surface area (Å²) in [6.45, 7) is 0. The Kier molecular flexibility index (Phi) is 5.81. The molecule has 1 amide bonds. The van der Waals surface area contributed by atoms with Crippen LogP contribution in [0.5, 0.6) is 0 Å². The third-order valence-electron chi connectivity index (χ3n) is 4.78. The number of rotatable bonds is 6. The lowest BCUT2D eigenvalue weighted by Gasteiger charge is -2.11. The lowest BCUT2D eigenvalue weighted by Crippen LogP contribution is -2.16. The number of hydrogen-bond acceptors (Lipinski definition) is 5. The lowest BCUT2D eigenvalue weighted by atomic mass is 10.1. The van der Waals surface area contributed by atoms with Crippen LogP contribution in [0.4, 0.5) is 25.8 Å². The number of aromatic nitrogens is 2. The standard InChI is InChI=1S/C23H16F2N4O4/c24-17-6-1-12(10-18(17)25)22(32)28-15-4-2-14(3-5-15)27-19-7-8-26-21-16(19)9-13(11-20(30)31)23(33)29-21/h1-10H,11H2,(H,28,32)(H,30,31)(H2,26,27,29,33). The number of aliphatic carboxylic acids is 1. The number of benzene rings is 2. The van der Waals surface area contributed by atoms with Gasteiger partial charge in [0.2, 0.25) is 0 Å². The highest BCUT2D eigenvalue weighted by Gasteiger charge is 2.12. The summed E-state index contributed by atoms with van der Waals surface area (Å²) in [5.41, 5.74) is 1.51. The molecule has 2 aromatic carbocycles. The molecule has 33 heavy (non-hydrogen) atoms. The van der Waals surface area contributed by atoms with E-state index in [2.05, 4.69) is 20.6 Å². The highest BCUT2D eigenvalue weighted by atomic mass is 19.2. The number of H-pyrrole nitrogens is 1. The molecule has 10 heteroatoms. The van der Waals surface area contributed by atoms with Gasteiger partial charge >= 0.3 is 5.97 Å². The molecule has 0 aliphatic heterocycles. The van der Waals surface area contributed by atoms with E-state index in [1.54, 1.807) is 30.3 Å². The van der Waals surface area contributed by atoms with Crippen LogP contribution in [0, 0.1) is 11.6 Å². The Hall–Kier alpha value is -4.60. The van der Waals surface area contributed by atoms with Gasteiger partial charge in [0.05, 0.1) is 12.1 Å². The van der Waals surface area contributed by atoms with E-state index in [9.17, 15) is 23.2 Å². The second-order valence-corrected chi connectivity index (χ2v) is 7.10. The number of hydrogen-bond donors (Lipinski definition) is 4. The summed E-state index contributed by atoms with van der Waals surface area (Å²) in [5.74, 6) is -3.87. The summed E-state index contributed by atoms with van der Waals surface area (Å²) < 4.78 is 26.4. The minimum Gasteiger partial charge on any atom is -0.481 e. The molecule has 0 fully saturated rings. The van der Waals surface area contributed by atoms with E-state index >= 15 is 0 Å². The van der Waals surface area contributed by atoms with E-state index in [-0.39, 0.29) is 11.1 Å². The Morgan fingerprint density at radius 1 is 0.970 bits per heavy atom. The van der Waals surface area contributed by atoms with Gasteiger partial charge in [-0.1, -0.05) is 0 Å². The van der Waals surface area contributed by atoms with Crippen molar-refractivity contribution in [3.63, 3.8) is 0 Å². The van der Waals surface area contributed by atoms with Crippen molar-refractivity contribution in [1.82, 2.24) is 9.97 Å². The van der Waals surface area contributed by atoms with Gasteiger partial charge in [0.25, 0.3) is 11.5 Å². The number of anilines is 3. The molecular weight excluding hydrogens is 434 g/mol. The minimum atomic E-state index is -1.13. The van der Waals surface area contributed by atoms with Gasteiger partial charge in [0.15, 0.2) is 11.6 Å². The van der Waals surface area contributed by atoms with Gasteiger partial charge in [-0.3, -0.25) is 14.4 Å². The fourth-order valence-electron chi connectivity index (χ4n) is 3.18. The molecule has 0 radical (unpaired) electrons. The molecule has 4 rings (SSSR count). The van der Waals surface area contributed by atoms with Crippen LogP contribution < -0.4 is 16.2 Å². The molecule has 0 unspecified atom stereocenters. The maximum atomic E-state index is 13.3. The number of nitrogens with zero attached hydrogens (tertiary/aromatic N) is 1. The average Bonchev–Trinajstić information content (AvgIpc) is 2.77. The zero-order valence-corrected chi connectivity index (χ0v) is 16.9. The van der Waals surface area contributed by atoms with E-state index in [1.165, 1.54) is 18.3 Å². The second kappa shape index (κ2) is 8.87. The van der Waals surface area contributed by atoms with E-state index in [0.29, 0.717) is 28.1 Å². The fourth-order valence-corrected chi connectivity index (χ4v) is 3.18. The molecule has 0 spiro atoms. The van der Waals surface area contributed by atoms with Crippen molar-refractivity contribution >= 4 is 40.0 Å². The highest BCUT2D eigenvalue weighted by Crippen LogP contribution is 2.25. The SMILES string of the molecule is O=C(O)Cc1cc2c(Nc3ccc(NC(=O)c4ccc(F)c(F)c4)cc3)ccnc2[nH]c1=O. The van der Waals surface area contributed by atoms with Gasteiger partial charge in [0.1, 0.15) is 5.65 Å². The topological polar surface area (TPSA) is 124 Å². The Bertz CT molecular complexity index is 1440. The van der Waals surface area contributed by atoms with Crippen LogP contribution >= 0.6 is 0 Å². The molecule has 0 saturated heterocycles. The van der Waals surface area contributed by atoms with Crippen LogP contribution in [-0.4, -0.2) is 27.0 Å². The smallest absolute Gasteiger partial charge is 0.308 e. The van der Waals surface area contributed by atoms with Crippen LogP contribution in [0.3, 0.4) is 0 Å². The molecule has 2 aromatic heterocycles. The van der Waals surface area contributed by atoms with Crippen molar-refractivity contribution in [2.24, 2.45) is 0 Å². The van der Waals surface area contributed by atoms with Gasteiger partial charge < -0.3 is 20.7 Å². The maximum Gasteiger partial charge on any atom is 0.308 e. The van der Waals surface area contributed by atoms with E-state index < -0.39 is 35.5 Å². The maximum absolute atomic E-state index is 13.3. The summed E-state index contributed by atoms with van der Waals surface area (Å²) in [7, 11) is 0. The Morgan fingerprint density at radius 2 is 1.70 bits per heavy atom. The molecule has 2 heterocycles. The molecule has 0 saturated carbocycles. The van der Waals surface area contributed by atoms with Gasteiger partial charge in [0, 0.05) is 34.1 Å². The largest absolute Gasteiger partial charge is 0.481 e. The molecule has 4 N–H and O–H groups in total. The highest BCUT2D eigenvalue weighted by molar-refractivity contribution is 6.04. The number of nitrogens with one attached hydrogen (secondary N) is 3. The zero-order valence-electron chi connectivity index (χ0n) is 16.9. The second-order valence-electron chi connectivity index (χ2n) is 7.10. The van der Waals surface area contributed by atoms with Crippen molar-refractivity contribution in [3.05, 3.63) is 93.9 Å². The fraction of sp³-hybridized carbons (Fsp3) is 0.0435. The predicted octanol–water partition coefficient (Wildman–Crippen LogP) is 3.82. The minimum absolute atomic E-state index is 0.0227. The van der Waals surface area contributed by atoms with Crippen molar-refractivity contribution in [2.45, 2.75) is 6.42 Å². The van der Waals surface area contributed by atoms with Gasteiger partial charge in [-0.2, -0.15) is 0 Å². The first kappa shape index (κ1) is 21.6. The molecule has 4 aromatic rings. The van der Waals surface area contributed by atoms with Gasteiger partial charge in [-0.25, -0.2) is 13.8 Å². The Labute approximate surface area is 184 Å². The first-order valence-electron chi connectivity index (χ1n) is 9.66. The zero-order chi connectivity index (χ0) is 23.5. The number of carboxylic acid groups (broad SMARTS) is 1. The van der Waals surface area contributed by atoms with Gasteiger partial charge in [-0.05, 0) is 54.6 Å². The lowest BCUT2D eigenvalue weighted by molar-refractivity contribution is -0.136. The predicted molar refractivity (Wildman–Crippen MR) is 118 cm³/mol. The summed E-state index contributed by atoms with van der Waals surface area (Å²) >= 11 is 0. The van der Waals surface area contributed by atoms with E-state index in [0.717, 1.165) is 12.1 Å². The number of halogens is 2. The van der Waals surface area contributed by atoms with Crippen molar-refractivity contribution in [2.75, 3.05) is 10.6 Å². The summed E-state index contributed by atoms with van der Waals surface area (Å²) in [6.07, 6.45) is 1.07. The Balaban J connectivity index is 1.54. The summed E-state index contributed by atoms with van der Waals surface area (Å²) in [5, 5.41) is 15.3. The molecule has 8 nitrogen and oxygen atoms in total. The first-order valence-corrected chi connectivity index (χ1v) is 9.66. The van der Waals surface area contributed by atoms with Crippen LogP contribution in [0.25, 0.3) is 11.0 Å². The number of pyridine rings is 2. The van der Waals surface area contributed by atoms with Crippen molar-refractivity contribution in [3.8, 4) is 0 Å². The Morgan fingerprint density at radius 3 is 2.39 bits per heavy atom. The van der Waals surface area contributed by atoms with Crippen molar-refractivity contribution in [1.29, 1.82) is 0 Å². The normalized spacial score (nSPS) is 10.7. The average molecular weight is 450 g/mol. The number of fused-ring (bicyclic) bond motifs is 1. The summed E-state index contributed by atoms with van der Waals surface area (Å²) in [4.78, 5) is 42.0. The third kappa shape index (κ3) is 4.85. The van der Waals surface area contributed by atoms with Crippen LogP contribution in [0.1, 0.15) is 15.9 Å². The van der Waals surface area contributed by atoms with Gasteiger partial charge in [-0.15, -0.1) is 0 Å². The molecular formula is C23H16F2N4O4. The third-order valence-corrected chi connectivity index (χ3v) is 4.78. The number of aromatic amines is 1. The van der Waals surface area contributed by atoms with Crippen LogP contribution in [0.15, 0.2) is 65.6 Å². The van der Waals surface area contributed by atoms with E-state index in [1.807, 2.05) is 0 Å². The van der Waals surface area contributed by atoms with Crippen LogP contribution in [0.2, 0.25) is 0 Å². The summed E-state index contributed by atoms with van der Waals surface area (Å²) in [6, 6.07) is 12.6.